The highest BCUT2D eigenvalue weighted by Crippen LogP contribution is 2.28. The maximum atomic E-state index is 11.3. The number of methoxy groups -OCH3 is 1. The highest BCUT2D eigenvalue weighted by atomic mass is 79.9. The Balaban J connectivity index is 3.51. The number of hydrogen-bond acceptors (Lipinski definition) is 4. The summed E-state index contributed by atoms with van der Waals surface area (Å²) in [6, 6.07) is 2.33. The van der Waals surface area contributed by atoms with Crippen molar-refractivity contribution in [3.63, 3.8) is 0 Å². The van der Waals surface area contributed by atoms with E-state index in [9.17, 15) is 13.2 Å². The molecule has 1 aromatic rings. The molecule has 0 fully saturated rings. The molecule has 0 aliphatic rings. The number of primary sulfonamides is 1. The van der Waals surface area contributed by atoms with Gasteiger partial charge in [0.2, 0.25) is 10.0 Å². The van der Waals surface area contributed by atoms with E-state index < -0.39 is 16.0 Å². The molecule has 88 valence electrons. The van der Waals surface area contributed by atoms with Gasteiger partial charge in [0, 0.05) is 4.47 Å². The van der Waals surface area contributed by atoms with Crippen LogP contribution in [0.1, 0.15) is 10.4 Å². The average molecular weight is 329 g/mol. The van der Waals surface area contributed by atoms with Gasteiger partial charge in [0.1, 0.15) is 0 Å². The maximum Gasteiger partial charge on any atom is 0.339 e. The molecule has 8 heteroatoms. The molecule has 0 unspecified atom stereocenters. The Morgan fingerprint density at radius 3 is 2.50 bits per heavy atom. The summed E-state index contributed by atoms with van der Waals surface area (Å²) >= 11 is 8.75. The summed E-state index contributed by atoms with van der Waals surface area (Å²) in [6.07, 6.45) is 0. The molecule has 0 atom stereocenters. The zero-order chi connectivity index (χ0) is 12.5. The third-order valence-corrected chi connectivity index (χ3v) is 3.92. The largest absolute Gasteiger partial charge is 0.465 e. The monoisotopic (exact) mass is 327 g/mol. The van der Waals surface area contributed by atoms with E-state index in [0.29, 0.717) is 0 Å². The highest BCUT2D eigenvalue weighted by Gasteiger charge is 2.19. The first-order chi connectivity index (χ1) is 7.27. The van der Waals surface area contributed by atoms with Gasteiger partial charge in [-0.05, 0) is 28.1 Å². The van der Waals surface area contributed by atoms with Gasteiger partial charge in [-0.3, -0.25) is 0 Å². The number of benzene rings is 1. The van der Waals surface area contributed by atoms with Crippen molar-refractivity contribution < 1.29 is 17.9 Å². The number of nitrogens with two attached hydrogens (primary N) is 1. The van der Waals surface area contributed by atoms with Gasteiger partial charge in [0.25, 0.3) is 0 Å². The molecular formula is C8H7BrClNO4S. The van der Waals surface area contributed by atoms with Crippen molar-refractivity contribution in [1.82, 2.24) is 0 Å². The summed E-state index contributed by atoms with van der Waals surface area (Å²) in [6.45, 7) is 0. The number of rotatable bonds is 2. The number of esters is 1. The van der Waals surface area contributed by atoms with Gasteiger partial charge in [0.15, 0.2) is 0 Å². The maximum absolute atomic E-state index is 11.3. The number of carbonyl (C=O) groups is 1. The lowest BCUT2D eigenvalue weighted by molar-refractivity contribution is 0.0600. The van der Waals surface area contributed by atoms with Crippen molar-refractivity contribution >= 4 is 43.5 Å². The van der Waals surface area contributed by atoms with Crippen molar-refractivity contribution in [2.45, 2.75) is 4.90 Å². The number of halogens is 2. The van der Waals surface area contributed by atoms with E-state index in [1.807, 2.05) is 0 Å². The molecule has 1 rings (SSSR count). The zero-order valence-corrected chi connectivity index (χ0v) is 11.2. The molecule has 0 radical (unpaired) electrons. The first kappa shape index (κ1) is 13.4. The molecule has 0 aliphatic carbocycles. The number of sulfonamides is 1. The van der Waals surface area contributed by atoms with E-state index in [2.05, 4.69) is 20.7 Å². The van der Waals surface area contributed by atoms with Gasteiger partial charge in [-0.1, -0.05) is 11.6 Å². The third kappa shape index (κ3) is 2.73. The first-order valence-corrected chi connectivity index (χ1v) is 6.59. The van der Waals surface area contributed by atoms with Crippen molar-refractivity contribution in [2.24, 2.45) is 5.14 Å². The minimum atomic E-state index is -3.93. The topological polar surface area (TPSA) is 86.5 Å². The summed E-state index contributed by atoms with van der Waals surface area (Å²) < 4.78 is 27.0. The van der Waals surface area contributed by atoms with Crippen LogP contribution in [0.3, 0.4) is 0 Å². The SMILES string of the molecule is COC(=O)c1cc(S(N)(=O)=O)c(Br)cc1Cl. The molecule has 0 aliphatic heterocycles. The Kier molecular flexibility index (Phi) is 3.95. The summed E-state index contributed by atoms with van der Waals surface area (Å²) in [7, 11) is -2.76. The predicted molar refractivity (Wildman–Crippen MR) is 61.9 cm³/mol. The number of ether oxygens (including phenoxy) is 1. The smallest absolute Gasteiger partial charge is 0.339 e. The normalized spacial score (nSPS) is 11.2. The van der Waals surface area contributed by atoms with E-state index in [-0.39, 0.29) is 20.0 Å². The van der Waals surface area contributed by atoms with Crippen LogP contribution in [0.5, 0.6) is 0 Å². The summed E-state index contributed by atoms with van der Waals surface area (Å²) in [5, 5.41) is 5.04. The van der Waals surface area contributed by atoms with Crippen LogP contribution in [0.25, 0.3) is 0 Å². The van der Waals surface area contributed by atoms with Crippen molar-refractivity contribution in [1.29, 1.82) is 0 Å². The fourth-order valence-corrected chi connectivity index (χ4v) is 3.02. The minimum absolute atomic E-state index is 0.0589. The molecule has 2 N–H and O–H groups in total. The summed E-state index contributed by atoms with van der Waals surface area (Å²) in [5.41, 5.74) is -0.0589. The second-order valence-corrected chi connectivity index (χ2v) is 5.59. The van der Waals surface area contributed by atoms with Gasteiger partial charge in [-0.25, -0.2) is 18.4 Å². The lowest BCUT2D eigenvalue weighted by Gasteiger charge is -2.07. The lowest BCUT2D eigenvalue weighted by Crippen LogP contribution is -2.14. The zero-order valence-electron chi connectivity index (χ0n) is 8.03. The van der Waals surface area contributed by atoms with Gasteiger partial charge in [0.05, 0.1) is 22.6 Å². The number of carbonyl (C=O) groups excluding carboxylic acids is 1. The Morgan fingerprint density at radius 2 is 2.06 bits per heavy atom. The molecule has 5 nitrogen and oxygen atoms in total. The fourth-order valence-electron chi connectivity index (χ4n) is 1.01. The van der Waals surface area contributed by atoms with Gasteiger partial charge in [-0.2, -0.15) is 0 Å². The van der Waals surface area contributed by atoms with Crippen LogP contribution in [0.15, 0.2) is 21.5 Å². The molecule has 0 heterocycles. The molecule has 0 aromatic heterocycles. The van der Waals surface area contributed by atoms with Crippen molar-refractivity contribution in [2.75, 3.05) is 7.11 Å². The second kappa shape index (κ2) is 4.70. The van der Waals surface area contributed by atoms with Gasteiger partial charge >= 0.3 is 5.97 Å². The predicted octanol–water partition coefficient (Wildman–Crippen LogP) is 1.54. The van der Waals surface area contributed by atoms with E-state index in [4.69, 9.17) is 16.7 Å². The third-order valence-electron chi connectivity index (χ3n) is 1.73. The van der Waals surface area contributed by atoms with Gasteiger partial charge in [-0.15, -0.1) is 0 Å². The second-order valence-electron chi connectivity index (χ2n) is 2.80. The van der Waals surface area contributed by atoms with E-state index in [0.717, 1.165) is 13.2 Å². The molecule has 1 aromatic carbocycles. The van der Waals surface area contributed by atoms with E-state index >= 15 is 0 Å². The van der Waals surface area contributed by atoms with Gasteiger partial charge < -0.3 is 4.74 Å². The molecule has 0 saturated heterocycles. The molecule has 0 saturated carbocycles. The van der Waals surface area contributed by atoms with Crippen molar-refractivity contribution in [3.8, 4) is 0 Å². The lowest BCUT2D eigenvalue weighted by atomic mass is 10.2. The fraction of sp³-hybridized carbons (Fsp3) is 0.125. The van der Waals surface area contributed by atoms with Crippen LogP contribution < -0.4 is 5.14 Å². The van der Waals surface area contributed by atoms with Crippen LogP contribution in [0, 0.1) is 0 Å². The molecule has 0 amide bonds. The summed E-state index contributed by atoms with van der Waals surface area (Å²) in [4.78, 5) is 11.0. The van der Waals surface area contributed by atoms with Crippen LogP contribution in [0.2, 0.25) is 5.02 Å². The molecule has 16 heavy (non-hydrogen) atoms. The Bertz CT molecular complexity index is 543. The first-order valence-electron chi connectivity index (χ1n) is 3.87. The van der Waals surface area contributed by atoms with E-state index in [1.54, 1.807) is 0 Å². The van der Waals surface area contributed by atoms with Crippen molar-refractivity contribution in [3.05, 3.63) is 27.2 Å². The van der Waals surface area contributed by atoms with E-state index in [1.165, 1.54) is 6.07 Å². The minimum Gasteiger partial charge on any atom is -0.465 e. The molecule has 0 bridgehead atoms. The Morgan fingerprint density at radius 1 is 1.50 bits per heavy atom. The Hall–Kier alpha value is -0.630. The highest BCUT2D eigenvalue weighted by molar-refractivity contribution is 9.10. The molecular weight excluding hydrogens is 322 g/mol. The standard InChI is InChI=1S/C8H7BrClNO4S/c1-15-8(12)4-2-7(16(11,13)14)5(9)3-6(4)10/h2-3H,1H3,(H2,11,13,14). The quantitative estimate of drug-likeness (QED) is 0.834. The van der Waals surface area contributed by atoms with Crippen LogP contribution >= 0.6 is 27.5 Å². The van der Waals surface area contributed by atoms with Crippen LogP contribution in [0.4, 0.5) is 0 Å². The van der Waals surface area contributed by atoms with Crippen LogP contribution in [-0.4, -0.2) is 21.5 Å². The number of hydrogen-bond donors (Lipinski definition) is 1. The van der Waals surface area contributed by atoms with Crippen LogP contribution in [-0.2, 0) is 14.8 Å². The average Bonchev–Trinajstić information content (AvgIpc) is 2.14. The Labute approximate surface area is 106 Å². The molecule has 0 spiro atoms. The summed E-state index contributed by atoms with van der Waals surface area (Å²) in [5.74, 6) is -0.734.